The number of thioether (sulfide) groups is 1. The maximum absolute atomic E-state index is 12.3. The molecule has 0 saturated heterocycles. The molecule has 22 heavy (non-hydrogen) atoms. The van der Waals surface area contributed by atoms with Gasteiger partial charge in [0.05, 0.1) is 10.6 Å². The maximum Gasteiger partial charge on any atom is 0.233 e. The van der Waals surface area contributed by atoms with Crippen molar-refractivity contribution in [2.45, 2.75) is 31.3 Å². The van der Waals surface area contributed by atoms with Crippen molar-refractivity contribution in [1.82, 2.24) is 20.1 Å². The zero-order chi connectivity index (χ0) is 15.4. The van der Waals surface area contributed by atoms with Crippen molar-refractivity contribution in [3.8, 4) is 10.7 Å². The Morgan fingerprint density at radius 1 is 1.55 bits per heavy atom. The lowest BCUT2D eigenvalue weighted by atomic mass is 10.3. The first-order valence-corrected chi connectivity index (χ1v) is 9.49. The minimum absolute atomic E-state index is 0.196. The lowest BCUT2D eigenvalue weighted by molar-refractivity contribution is -0.128. The van der Waals surface area contributed by atoms with Crippen LogP contribution in [0.15, 0.2) is 22.7 Å². The van der Waals surface area contributed by atoms with Crippen molar-refractivity contribution in [2.75, 3.05) is 18.8 Å². The van der Waals surface area contributed by atoms with Crippen LogP contribution < -0.4 is 0 Å². The molecule has 2 heterocycles. The van der Waals surface area contributed by atoms with Gasteiger partial charge in [0.15, 0.2) is 5.82 Å². The number of thiophene rings is 1. The van der Waals surface area contributed by atoms with Crippen LogP contribution in [-0.2, 0) is 4.79 Å². The molecule has 2 aromatic heterocycles. The first-order chi connectivity index (χ1) is 10.8. The molecular formula is C15H20N4OS2. The molecule has 0 aliphatic heterocycles. The maximum atomic E-state index is 12.3. The topological polar surface area (TPSA) is 61.9 Å². The van der Waals surface area contributed by atoms with Gasteiger partial charge >= 0.3 is 0 Å². The van der Waals surface area contributed by atoms with Crippen LogP contribution in [0.2, 0.25) is 0 Å². The molecule has 0 unspecified atom stereocenters. The number of hydrogen-bond donors (Lipinski definition) is 1. The van der Waals surface area contributed by atoms with Crippen LogP contribution in [0.25, 0.3) is 10.7 Å². The minimum Gasteiger partial charge on any atom is -0.342 e. The monoisotopic (exact) mass is 336 g/mol. The smallest absolute Gasteiger partial charge is 0.233 e. The van der Waals surface area contributed by atoms with Crippen molar-refractivity contribution < 1.29 is 4.79 Å². The van der Waals surface area contributed by atoms with Crippen LogP contribution in [0.4, 0.5) is 0 Å². The normalized spacial score (nSPS) is 14.2. The fourth-order valence-electron chi connectivity index (χ4n) is 2.25. The summed E-state index contributed by atoms with van der Waals surface area (Å²) in [5, 5.41) is 9.76. The van der Waals surface area contributed by atoms with Crippen molar-refractivity contribution in [3.63, 3.8) is 0 Å². The summed E-state index contributed by atoms with van der Waals surface area (Å²) in [6, 6.07) is 3.99. The predicted molar refractivity (Wildman–Crippen MR) is 90.0 cm³/mol. The number of amides is 1. The second kappa shape index (κ2) is 7.28. The summed E-state index contributed by atoms with van der Waals surface area (Å²) in [4.78, 5) is 19.8. The highest BCUT2D eigenvalue weighted by Crippen LogP contribution is 2.30. The van der Waals surface area contributed by atoms with Crippen molar-refractivity contribution in [1.29, 1.82) is 0 Å². The highest BCUT2D eigenvalue weighted by atomic mass is 32.2. The molecule has 3 rings (SSSR count). The van der Waals surface area contributed by atoms with E-state index in [0.29, 0.717) is 10.9 Å². The van der Waals surface area contributed by atoms with Gasteiger partial charge in [-0.2, -0.15) is 0 Å². The number of aromatic nitrogens is 3. The molecule has 0 atom stereocenters. The Morgan fingerprint density at radius 2 is 2.41 bits per heavy atom. The van der Waals surface area contributed by atoms with E-state index in [0.717, 1.165) is 36.1 Å². The third-order valence-electron chi connectivity index (χ3n) is 3.57. The lowest BCUT2D eigenvalue weighted by Gasteiger charge is -2.21. The Hall–Kier alpha value is -1.34. The zero-order valence-electron chi connectivity index (χ0n) is 12.6. The van der Waals surface area contributed by atoms with E-state index in [1.165, 1.54) is 24.6 Å². The molecule has 0 radical (unpaired) electrons. The van der Waals surface area contributed by atoms with Gasteiger partial charge in [0.25, 0.3) is 0 Å². The molecule has 1 amide bonds. The highest BCUT2D eigenvalue weighted by molar-refractivity contribution is 7.99. The van der Waals surface area contributed by atoms with E-state index in [9.17, 15) is 4.79 Å². The number of carbonyl (C=O) groups excluding carboxylic acids is 1. The molecule has 1 aliphatic rings. The molecule has 1 N–H and O–H groups in total. The van der Waals surface area contributed by atoms with Gasteiger partial charge in [-0.1, -0.05) is 24.8 Å². The summed E-state index contributed by atoms with van der Waals surface area (Å²) in [7, 11) is 0. The van der Waals surface area contributed by atoms with E-state index < -0.39 is 0 Å². The van der Waals surface area contributed by atoms with Gasteiger partial charge in [-0.15, -0.1) is 16.4 Å². The van der Waals surface area contributed by atoms with Crippen LogP contribution in [-0.4, -0.2) is 44.8 Å². The van der Waals surface area contributed by atoms with E-state index >= 15 is 0 Å². The van der Waals surface area contributed by atoms with Crippen LogP contribution in [0, 0.1) is 5.92 Å². The standard InChI is InChI=1S/C15H20N4OS2/c1-2-7-19(9-11-5-6-11)13(20)10-22-15-16-14(17-18-15)12-4-3-8-21-12/h3-4,8,11H,2,5-7,9-10H2,1H3,(H,16,17,18). The minimum atomic E-state index is 0.196. The number of carbonyl (C=O) groups is 1. The van der Waals surface area contributed by atoms with Gasteiger partial charge in [-0.05, 0) is 36.6 Å². The number of H-pyrrole nitrogens is 1. The average Bonchev–Trinajstić information content (AvgIpc) is 3.01. The van der Waals surface area contributed by atoms with Gasteiger partial charge in [-0.3, -0.25) is 9.89 Å². The Morgan fingerprint density at radius 3 is 3.09 bits per heavy atom. The van der Waals surface area contributed by atoms with Crippen LogP contribution in [0.1, 0.15) is 26.2 Å². The highest BCUT2D eigenvalue weighted by Gasteiger charge is 2.26. The largest absolute Gasteiger partial charge is 0.342 e. The van der Waals surface area contributed by atoms with Crippen molar-refractivity contribution in [2.24, 2.45) is 5.92 Å². The van der Waals surface area contributed by atoms with Gasteiger partial charge in [0.2, 0.25) is 11.1 Å². The number of aromatic amines is 1. The molecule has 7 heteroatoms. The van der Waals surface area contributed by atoms with Crippen molar-refractivity contribution >= 4 is 29.0 Å². The summed E-state index contributed by atoms with van der Waals surface area (Å²) >= 11 is 3.03. The fraction of sp³-hybridized carbons (Fsp3) is 0.533. The Kier molecular flexibility index (Phi) is 5.15. The van der Waals surface area contributed by atoms with E-state index in [2.05, 4.69) is 22.1 Å². The molecule has 0 spiro atoms. The number of nitrogens with zero attached hydrogens (tertiary/aromatic N) is 3. The average molecular weight is 336 g/mol. The number of hydrogen-bond acceptors (Lipinski definition) is 5. The Balaban J connectivity index is 1.53. The summed E-state index contributed by atoms with van der Waals surface area (Å²) in [5.74, 6) is 2.11. The second-order valence-electron chi connectivity index (χ2n) is 5.52. The fourth-order valence-corrected chi connectivity index (χ4v) is 3.62. The summed E-state index contributed by atoms with van der Waals surface area (Å²) < 4.78 is 0. The van der Waals surface area contributed by atoms with Gasteiger partial charge < -0.3 is 4.90 Å². The SMILES string of the molecule is CCCN(CC1CC1)C(=O)CSc1n[nH]c(-c2cccs2)n1. The molecule has 1 fully saturated rings. The Labute approximate surface area is 138 Å². The second-order valence-corrected chi connectivity index (χ2v) is 7.41. The van der Waals surface area contributed by atoms with E-state index in [1.807, 2.05) is 22.4 Å². The predicted octanol–water partition coefficient (Wildman–Crippen LogP) is 3.27. The third-order valence-corrected chi connectivity index (χ3v) is 5.27. The molecule has 5 nitrogen and oxygen atoms in total. The summed E-state index contributed by atoms with van der Waals surface area (Å²) in [6.07, 6.45) is 3.55. The molecule has 2 aromatic rings. The molecule has 1 saturated carbocycles. The van der Waals surface area contributed by atoms with Crippen molar-refractivity contribution in [3.05, 3.63) is 17.5 Å². The van der Waals surface area contributed by atoms with E-state index in [-0.39, 0.29) is 5.91 Å². The summed E-state index contributed by atoms with van der Waals surface area (Å²) in [5.41, 5.74) is 0. The Bertz CT molecular complexity index is 607. The quantitative estimate of drug-likeness (QED) is 0.752. The molecule has 1 aliphatic carbocycles. The van der Waals surface area contributed by atoms with Gasteiger partial charge in [0, 0.05) is 13.1 Å². The number of nitrogens with one attached hydrogen (secondary N) is 1. The lowest BCUT2D eigenvalue weighted by Crippen LogP contribution is -2.34. The molecule has 118 valence electrons. The number of rotatable bonds is 8. The first-order valence-electron chi connectivity index (χ1n) is 7.63. The van der Waals surface area contributed by atoms with Crippen LogP contribution >= 0.6 is 23.1 Å². The third kappa shape index (κ3) is 4.10. The van der Waals surface area contributed by atoms with E-state index in [4.69, 9.17) is 0 Å². The molecular weight excluding hydrogens is 316 g/mol. The van der Waals surface area contributed by atoms with E-state index in [1.54, 1.807) is 11.3 Å². The van der Waals surface area contributed by atoms with Crippen LogP contribution in [0.5, 0.6) is 0 Å². The van der Waals surface area contributed by atoms with Crippen LogP contribution in [0.3, 0.4) is 0 Å². The molecule has 0 aromatic carbocycles. The zero-order valence-corrected chi connectivity index (χ0v) is 14.3. The van der Waals surface area contributed by atoms with Gasteiger partial charge in [0.1, 0.15) is 0 Å². The molecule has 0 bridgehead atoms. The first kappa shape index (κ1) is 15.6. The van der Waals surface area contributed by atoms with Gasteiger partial charge in [-0.25, -0.2) is 4.98 Å². The summed E-state index contributed by atoms with van der Waals surface area (Å²) in [6.45, 7) is 3.88.